The molecule has 166 valence electrons. The van der Waals surface area contributed by atoms with Crippen molar-refractivity contribution in [3.05, 3.63) is 95.6 Å². The summed E-state index contributed by atoms with van der Waals surface area (Å²) in [5.41, 5.74) is 3.04. The molecule has 0 spiro atoms. The Hall–Kier alpha value is -3.25. The first-order valence-electron chi connectivity index (χ1n) is 10.9. The molecule has 6 heteroatoms. The van der Waals surface area contributed by atoms with Crippen molar-refractivity contribution in [1.82, 2.24) is 9.88 Å². The lowest BCUT2D eigenvalue weighted by Gasteiger charge is -2.26. The predicted octanol–water partition coefficient (Wildman–Crippen LogP) is 4.55. The normalized spacial score (nSPS) is 15.5. The Balaban J connectivity index is 1.40. The van der Waals surface area contributed by atoms with Crippen LogP contribution in [0.5, 0.6) is 5.75 Å². The molecule has 0 N–H and O–H groups in total. The molecule has 0 saturated carbocycles. The molecular weight excluding hydrogens is 407 g/mol. The summed E-state index contributed by atoms with van der Waals surface area (Å²) in [6, 6.07) is 18.1. The minimum atomic E-state index is -0.369. The quantitative estimate of drug-likeness (QED) is 0.496. The highest BCUT2D eigenvalue weighted by molar-refractivity contribution is 5.81. The van der Waals surface area contributed by atoms with Crippen LogP contribution >= 0.6 is 0 Å². The molecule has 1 aliphatic heterocycles. The van der Waals surface area contributed by atoms with Gasteiger partial charge < -0.3 is 14.4 Å². The van der Waals surface area contributed by atoms with E-state index in [-0.39, 0.29) is 17.8 Å². The molecule has 1 saturated heterocycles. The highest BCUT2D eigenvalue weighted by Gasteiger charge is 2.28. The summed E-state index contributed by atoms with van der Waals surface area (Å²) in [4.78, 5) is 19.0. The molecule has 0 aliphatic carbocycles. The lowest BCUT2D eigenvalue weighted by Crippen LogP contribution is -2.38. The number of rotatable bonds is 9. The third kappa shape index (κ3) is 6.14. The summed E-state index contributed by atoms with van der Waals surface area (Å²) in [6.07, 6.45) is 5.47. The Kier molecular flexibility index (Phi) is 7.46. The smallest absolute Gasteiger partial charge is 0.252 e. The van der Waals surface area contributed by atoms with Crippen molar-refractivity contribution in [3.8, 4) is 5.75 Å². The van der Waals surface area contributed by atoms with Gasteiger partial charge in [0.1, 0.15) is 17.7 Å². The minimum Gasteiger partial charge on any atom is -0.493 e. The van der Waals surface area contributed by atoms with Crippen molar-refractivity contribution in [2.45, 2.75) is 38.5 Å². The largest absolute Gasteiger partial charge is 0.493 e. The fourth-order valence-corrected chi connectivity index (χ4v) is 3.79. The number of benzene rings is 2. The van der Waals surface area contributed by atoms with Crippen LogP contribution in [0.3, 0.4) is 0 Å². The van der Waals surface area contributed by atoms with Crippen LogP contribution in [0.15, 0.2) is 73.1 Å². The van der Waals surface area contributed by atoms with Crippen LogP contribution in [0.2, 0.25) is 0 Å². The molecule has 2 heterocycles. The van der Waals surface area contributed by atoms with E-state index in [4.69, 9.17) is 9.47 Å². The summed E-state index contributed by atoms with van der Waals surface area (Å²) >= 11 is 0. The maximum Gasteiger partial charge on any atom is 0.252 e. The highest BCUT2D eigenvalue weighted by Crippen LogP contribution is 2.21. The predicted molar refractivity (Wildman–Crippen MR) is 120 cm³/mol. The van der Waals surface area contributed by atoms with Crippen LogP contribution in [0.1, 0.15) is 29.5 Å². The van der Waals surface area contributed by atoms with Gasteiger partial charge in [-0.2, -0.15) is 0 Å². The van der Waals surface area contributed by atoms with E-state index in [1.165, 1.54) is 12.1 Å². The topological polar surface area (TPSA) is 51.7 Å². The molecule has 0 bridgehead atoms. The molecule has 1 atom stereocenters. The molecule has 1 aliphatic rings. The number of hydrogen-bond donors (Lipinski definition) is 0. The fraction of sp³-hybridized carbons (Fsp3) is 0.308. The van der Waals surface area contributed by atoms with E-state index < -0.39 is 0 Å². The molecule has 5 nitrogen and oxygen atoms in total. The summed E-state index contributed by atoms with van der Waals surface area (Å²) in [7, 11) is 0. The average Bonchev–Trinajstić information content (AvgIpc) is 3.36. The lowest BCUT2D eigenvalue weighted by atomic mass is 10.1. The van der Waals surface area contributed by atoms with E-state index in [9.17, 15) is 9.18 Å². The first-order valence-corrected chi connectivity index (χ1v) is 10.9. The Bertz CT molecular complexity index is 1010. The van der Waals surface area contributed by atoms with Crippen molar-refractivity contribution in [3.63, 3.8) is 0 Å². The number of aromatic nitrogens is 1. The van der Waals surface area contributed by atoms with E-state index >= 15 is 0 Å². The van der Waals surface area contributed by atoms with Gasteiger partial charge in [0.25, 0.3) is 5.91 Å². The zero-order valence-corrected chi connectivity index (χ0v) is 18.0. The van der Waals surface area contributed by atoms with Gasteiger partial charge in [-0.3, -0.25) is 9.78 Å². The van der Waals surface area contributed by atoms with E-state index in [2.05, 4.69) is 4.98 Å². The minimum absolute atomic E-state index is 0.0157. The number of nitrogens with zero attached hydrogens (tertiary/aromatic N) is 2. The molecular formula is C26H27FN2O3. The number of pyridine rings is 1. The van der Waals surface area contributed by atoms with Gasteiger partial charge in [0, 0.05) is 38.5 Å². The summed E-state index contributed by atoms with van der Waals surface area (Å²) in [5.74, 6) is 0.524. The van der Waals surface area contributed by atoms with Crippen LogP contribution < -0.4 is 4.74 Å². The fourth-order valence-electron chi connectivity index (χ4n) is 3.79. The number of amides is 1. The number of carbonyl (C=O) groups is 1. The Morgan fingerprint density at radius 3 is 2.56 bits per heavy atom. The van der Waals surface area contributed by atoms with Gasteiger partial charge >= 0.3 is 0 Å². The maximum absolute atomic E-state index is 13.1. The number of hydrogen-bond acceptors (Lipinski definition) is 4. The van der Waals surface area contributed by atoms with E-state index in [0.29, 0.717) is 32.7 Å². The van der Waals surface area contributed by atoms with Gasteiger partial charge in [0.05, 0.1) is 6.61 Å². The second-order valence-corrected chi connectivity index (χ2v) is 7.92. The molecule has 1 fully saturated rings. The Morgan fingerprint density at radius 1 is 1.03 bits per heavy atom. The Morgan fingerprint density at radius 2 is 1.81 bits per heavy atom. The zero-order chi connectivity index (χ0) is 22.2. The van der Waals surface area contributed by atoms with Crippen LogP contribution in [-0.2, 0) is 29.0 Å². The van der Waals surface area contributed by atoms with Crippen LogP contribution in [0, 0.1) is 5.82 Å². The second kappa shape index (κ2) is 10.9. The third-order valence-electron chi connectivity index (χ3n) is 5.48. The number of ether oxygens (including phenoxy) is 2. The van der Waals surface area contributed by atoms with Gasteiger partial charge in [-0.05, 0) is 65.9 Å². The van der Waals surface area contributed by atoms with Crippen molar-refractivity contribution in [1.29, 1.82) is 0 Å². The van der Waals surface area contributed by atoms with Crippen molar-refractivity contribution < 1.29 is 18.7 Å². The van der Waals surface area contributed by atoms with Crippen molar-refractivity contribution >= 4 is 5.91 Å². The molecule has 32 heavy (non-hydrogen) atoms. The summed E-state index contributed by atoms with van der Waals surface area (Å²) in [6.45, 7) is 2.09. The van der Waals surface area contributed by atoms with Gasteiger partial charge in [-0.15, -0.1) is 0 Å². The maximum atomic E-state index is 13.1. The van der Waals surface area contributed by atoms with E-state index in [1.807, 2.05) is 41.3 Å². The van der Waals surface area contributed by atoms with Crippen LogP contribution in [-0.4, -0.2) is 35.1 Å². The average molecular weight is 435 g/mol. The second-order valence-electron chi connectivity index (χ2n) is 7.92. The van der Waals surface area contributed by atoms with Crippen LogP contribution in [0.25, 0.3) is 0 Å². The molecule has 4 rings (SSSR count). The first-order chi connectivity index (χ1) is 15.7. The first kappa shape index (κ1) is 22.0. The molecule has 3 aromatic rings. The molecule has 1 aromatic heterocycles. The molecule has 1 amide bonds. The Labute approximate surface area is 187 Å². The van der Waals surface area contributed by atoms with Crippen LogP contribution in [0.4, 0.5) is 4.39 Å². The van der Waals surface area contributed by atoms with E-state index in [1.54, 1.807) is 24.5 Å². The van der Waals surface area contributed by atoms with Crippen molar-refractivity contribution in [2.75, 3.05) is 13.2 Å². The third-order valence-corrected chi connectivity index (χ3v) is 5.48. The molecule has 2 aromatic carbocycles. The molecule has 0 radical (unpaired) electrons. The monoisotopic (exact) mass is 434 g/mol. The number of carbonyl (C=O) groups excluding carboxylic acids is 1. The van der Waals surface area contributed by atoms with E-state index in [0.717, 1.165) is 35.3 Å². The summed E-state index contributed by atoms with van der Waals surface area (Å²) in [5, 5.41) is 0. The van der Waals surface area contributed by atoms with Gasteiger partial charge in [0.2, 0.25) is 0 Å². The molecule has 0 unspecified atom stereocenters. The summed E-state index contributed by atoms with van der Waals surface area (Å²) < 4.78 is 24.6. The standard InChI is InChI=1S/C26H27FN2O3/c27-23-8-6-20(7-9-23)12-16-31-24-4-1-3-22(17-24)19-29(18-21-10-13-28-14-11-21)26(30)25-5-2-15-32-25/h1,3-4,6-11,13-14,17,25H,2,5,12,15-16,18-19H2/t25-/m1/s1. The van der Waals surface area contributed by atoms with Gasteiger partial charge in [0.15, 0.2) is 0 Å². The zero-order valence-electron chi connectivity index (χ0n) is 18.0. The SMILES string of the molecule is O=C([C@H]1CCCO1)N(Cc1ccncc1)Cc1cccc(OCCc2ccc(F)cc2)c1. The van der Waals surface area contributed by atoms with Crippen molar-refractivity contribution in [2.24, 2.45) is 0 Å². The number of halogens is 1. The van der Waals surface area contributed by atoms with Gasteiger partial charge in [-0.25, -0.2) is 4.39 Å². The highest BCUT2D eigenvalue weighted by atomic mass is 19.1. The lowest BCUT2D eigenvalue weighted by molar-refractivity contribution is -0.142. The van der Waals surface area contributed by atoms with Gasteiger partial charge in [-0.1, -0.05) is 24.3 Å².